The Kier molecular flexibility index (Phi) is 5.14. The van der Waals surface area contributed by atoms with Crippen LogP contribution in [0.1, 0.15) is 63.7 Å². The normalized spacial score (nSPS) is 16.0. The molecule has 4 rings (SSSR count). The molecule has 3 aromatic rings. The SMILES string of the molecule is CCCC1CCc2c(c3cccc(C(=O)O)c3n2Cc2cccc(C(N)=O)c2)C1. The highest BCUT2D eigenvalue weighted by Gasteiger charge is 2.27. The molecule has 5 heteroatoms. The molecule has 3 N–H and O–H groups in total. The van der Waals surface area contributed by atoms with E-state index in [2.05, 4.69) is 11.5 Å². The van der Waals surface area contributed by atoms with Crippen LogP contribution in [0.15, 0.2) is 42.5 Å². The second-order valence-electron chi connectivity index (χ2n) is 7.98. The Labute approximate surface area is 170 Å². The average molecular weight is 390 g/mol. The number of fused-ring (bicyclic) bond motifs is 3. The Morgan fingerprint density at radius 1 is 1.21 bits per heavy atom. The zero-order valence-electron chi connectivity index (χ0n) is 16.6. The predicted octanol–water partition coefficient (Wildman–Crippen LogP) is 4.39. The first-order valence-electron chi connectivity index (χ1n) is 10.2. The summed E-state index contributed by atoms with van der Waals surface area (Å²) in [6.07, 6.45) is 5.44. The Morgan fingerprint density at radius 2 is 2.00 bits per heavy atom. The van der Waals surface area contributed by atoms with Crippen LogP contribution >= 0.6 is 0 Å². The summed E-state index contributed by atoms with van der Waals surface area (Å²) in [5.41, 5.74) is 10.5. The molecule has 0 bridgehead atoms. The molecule has 0 saturated carbocycles. The molecule has 1 atom stereocenters. The van der Waals surface area contributed by atoms with Gasteiger partial charge in [-0.1, -0.05) is 44.0 Å². The van der Waals surface area contributed by atoms with E-state index < -0.39 is 11.9 Å². The lowest BCUT2D eigenvalue weighted by atomic mass is 9.84. The number of nitrogens with two attached hydrogens (primary N) is 1. The quantitative estimate of drug-likeness (QED) is 0.654. The molecule has 5 nitrogen and oxygen atoms in total. The van der Waals surface area contributed by atoms with Crippen LogP contribution < -0.4 is 5.73 Å². The van der Waals surface area contributed by atoms with Crippen LogP contribution in [-0.4, -0.2) is 21.6 Å². The third-order valence-electron chi connectivity index (χ3n) is 6.07. The first-order chi connectivity index (χ1) is 14.0. The van der Waals surface area contributed by atoms with Gasteiger partial charge in [-0.05, 0) is 54.5 Å². The molecule has 1 amide bonds. The van der Waals surface area contributed by atoms with Crippen molar-refractivity contribution < 1.29 is 14.7 Å². The van der Waals surface area contributed by atoms with E-state index in [1.165, 1.54) is 24.1 Å². The van der Waals surface area contributed by atoms with Gasteiger partial charge >= 0.3 is 5.97 Å². The lowest BCUT2D eigenvalue weighted by Gasteiger charge is -2.24. The molecular weight excluding hydrogens is 364 g/mol. The Balaban J connectivity index is 1.88. The van der Waals surface area contributed by atoms with Gasteiger partial charge in [0.1, 0.15) is 0 Å². The van der Waals surface area contributed by atoms with Gasteiger partial charge in [0.05, 0.1) is 11.1 Å². The van der Waals surface area contributed by atoms with Gasteiger partial charge in [-0.25, -0.2) is 4.79 Å². The van der Waals surface area contributed by atoms with Crippen molar-refractivity contribution in [1.29, 1.82) is 0 Å². The average Bonchev–Trinajstić information content (AvgIpc) is 3.01. The smallest absolute Gasteiger partial charge is 0.337 e. The van der Waals surface area contributed by atoms with Crippen molar-refractivity contribution in [2.45, 2.75) is 45.6 Å². The zero-order chi connectivity index (χ0) is 20.5. The van der Waals surface area contributed by atoms with Crippen molar-refractivity contribution in [1.82, 2.24) is 4.57 Å². The highest BCUT2D eigenvalue weighted by Crippen LogP contribution is 2.37. The number of nitrogens with zero attached hydrogens (tertiary/aromatic N) is 1. The third-order valence-corrected chi connectivity index (χ3v) is 6.07. The molecule has 1 aliphatic rings. The maximum Gasteiger partial charge on any atom is 0.337 e. The highest BCUT2D eigenvalue weighted by atomic mass is 16.4. The van der Waals surface area contributed by atoms with Crippen LogP contribution in [0.2, 0.25) is 0 Å². The third kappa shape index (κ3) is 3.53. The fourth-order valence-corrected chi connectivity index (χ4v) is 4.78. The summed E-state index contributed by atoms with van der Waals surface area (Å²) < 4.78 is 2.15. The number of primary amides is 1. The van der Waals surface area contributed by atoms with Crippen molar-refractivity contribution in [3.63, 3.8) is 0 Å². The van der Waals surface area contributed by atoms with Crippen molar-refractivity contribution in [2.75, 3.05) is 0 Å². The monoisotopic (exact) mass is 390 g/mol. The van der Waals surface area contributed by atoms with Gasteiger partial charge < -0.3 is 15.4 Å². The second kappa shape index (κ2) is 7.74. The number of carboxylic acids is 1. The molecule has 0 saturated heterocycles. The number of carboxylic acid groups (broad SMARTS) is 1. The minimum absolute atomic E-state index is 0.329. The number of aromatic nitrogens is 1. The number of carbonyl (C=O) groups excluding carboxylic acids is 1. The number of para-hydroxylation sites is 1. The highest BCUT2D eigenvalue weighted by molar-refractivity contribution is 6.04. The van der Waals surface area contributed by atoms with E-state index >= 15 is 0 Å². The first-order valence-corrected chi connectivity index (χ1v) is 10.2. The van der Waals surface area contributed by atoms with Crippen LogP contribution in [0.25, 0.3) is 10.9 Å². The molecule has 2 aromatic carbocycles. The molecule has 1 heterocycles. The Bertz CT molecular complexity index is 1100. The number of carbonyl (C=O) groups is 2. The maximum absolute atomic E-state index is 12.0. The summed E-state index contributed by atoms with van der Waals surface area (Å²) in [4.78, 5) is 23.5. The van der Waals surface area contributed by atoms with E-state index in [1.807, 2.05) is 24.3 Å². The van der Waals surface area contributed by atoms with Crippen molar-refractivity contribution >= 4 is 22.8 Å². The van der Waals surface area contributed by atoms with Gasteiger partial charge in [0.15, 0.2) is 0 Å². The van der Waals surface area contributed by atoms with E-state index in [9.17, 15) is 14.7 Å². The number of amides is 1. The standard InChI is InChI=1S/C24H26N2O3/c1-2-5-15-10-11-21-20(13-15)18-8-4-9-19(24(28)29)22(18)26(21)14-16-6-3-7-17(12-16)23(25)27/h3-4,6-9,12,15H,2,5,10-11,13-14H2,1H3,(H2,25,27)(H,28,29). The van der Waals surface area contributed by atoms with E-state index in [0.717, 1.165) is 35.7 Å². The van der Waals surface area contributed by atoms with Gasteiger partial charge in [-0.2, -0.15) is 0 Å². The van der Waals surface area contributed by atoms with Gasteiger partial charge in [-0.15, -0.1) is 0 Å². The molecule has 29 heavy (non-hydrogen) atoms. The Morgan fingerprint density at radius 3 is 2.72 bits per heavy atom. The summed E-state index contributed by atoms with van der Waals surface area (Å²) in [6.45, 7) is 2.74. The van der Waals surface area contributed by atoms with Gasteiger partial charge in [-0.3, -0.25) is 4.79 Å². The predicted molar refractivity (Wildman–Crippen MR) is 113 cm³/mol. The van der Waals surface area contributed by atoms with Crippen LogP contribution in [-0.2, 0) is 19.4 Å². The number of aromatic carboxylic acids is 1. The molecule has 0 aliphatic heterocycles. The molecule has 1 aromatic heterocycles. The molecule has 150 valence electrons. The maximum atomic E-state index is 12.0. The number of benzene rings is 2. The minimum Gasteiger partial charge on any atom is -0.478 e. The molecule has 1 aliphatic carbocycles. The van der Waals surface area contributed by atoms with Gasteiger partial charge in [0, 0.05) is 23.2 Å². The van der Waals surface area contributed by atoms with Gasteiger partial charge in [0.25, 0.3) is 0 Å². The van der Waals surface area contributed by atoms with Crippen LogP contribution in [0.3, 0.4) is 0 Å². The number of hydrogen-bond donors (Lipinski definition) is 2. The second-order valence-corrected chi connectivity index (χ2v) is 7.98. The van der Waals surface area contributed by atoms with Crippen molar-refractivity contribution in [2.24, 2.45) is 11.7 Å². The topological polar surface area (TPSA) is 85.3 Å². The van der Waals surface area contributed by atoms with Crippen LogP contribution in [0.4, 0.5) is 0 Å². The van der Waals surface area contributed by atoms with Crippen LogP contribution in [0.5, 0.6) is 0 Å². The van der Waals surface area contributed by atoms with E-state index in [4.69, 9.17) is 5.73 Å². The summed E-state index contributed by atoms with van der Waals surface area (Å²) in [5, 5.41) is 10.9. The fraction of sp³-hybridized carbons (Fsp3) is 0.333. The van der Waals surface area contributed by atoms with Crippen molar-refractivity contribution in [3.05, 3.63) is 70.4 Å². The molecule has 1 unspecified atom stereocenters. The van der Waals surface area contributed by atoms with E-state index in [1.54, 1.807) is 18.2 Å². The summed E-state index contributed by atoms with van der Waals surface area (Å²) in [5.74, 6) is -0.721. The van der Waals surface area contributed by atoms with E-state index in [0.29, 0.717) is 23.6 Å². The minimum atomic E-state index is -0.914. The molecule has 0 radical (unpaired) electrons. The largest absolute Gasteiger partial charge is 0.478 e. The summed E-state index contributed by atoms with van der Waals surface area (Å²) in [7, 11) is 0. The molecule has 0 fully saturated rings. The number of rotatable bonds is 6. The lowest BCUT2D eigenvalue weighted by molar-refractivity contribution is 0.0698. The van der Waals surface area contributed by atoms with E-state index in [-0.39, 0.29) is 0 Å². The number of hydrogen-bond acceptors (Lipinski definition) is 2. The van der Waals surface area contributed by atoms with Crippen LogP contribution in [0, 0.1) is 5.92 Å². The Hall–Kier alpha value is -3.08. The molecule has 0 spiro atoms. The fourth-order valence-electron chi connectivity index (χ4n) is 4.78. The zero-order valence-corrected chi connectivity index (χ0v) is 16.6. The first kappa shape index (κ1) is 19.2. The summed E-state index contributed by atoms with van der Waals surface area (Å²) in [6, 6.07) is 12.8. The van der Waals surface area contributed by atoms with Crippen molar-refractivity contribution in [3.8, 4) is 0 Å². The summed E-state index contributed by atoms with van der Waals surface area (Å²) >= 11 is 0. The molecular formula is C24H26N2O3. The lowest BCUT2D eigenvalue weighted by Crippen LogP contribution is -2.17. The van der Waals surface area contributed by atoms with Gasteiger partial charge in [0.2, 0.25) is 5.91 Å².